The minimum Gasteiger partial charge on any atom is -0.389 e. The van der Waals surface area contributed by atoms with E-state index < -0.39 is 15.8 Å². The van der Waals surface area contributed by atoms with Gasteiger partial charge >= 0.3 is 0 Å². The van der Waals surface area contributed by atoms with Crippen LogP contribution < -0.4 is 10.5 Å². The van der Waals surface area contributed by atoms with Gasteiger partial charge in [-0.25, -0.2) is 12.8 Å². The summed E-state index contributed by atoms with van der Waals surface area (Å²) >= 11 is 4.93. The summed E-state index contributed by atoms with van der Waals surface area (Å²) in [6, 6.07) is 5.84. The first kappa shape index (κ1) is 15.3. The molecule has 0 unspecified atom stereocenters. The number of nitrogens with zero attached hydrogens (tertiary/aromatic N) is 1. The predicted molar refractivity (Wildman–Crippen MR) is 82.1 cm³/mol. The molecule has 0 aliphatic heterocycles. The molecule has 1 aromatic heterocycles. The Balaban J connectivity index is 2.47. The van der Waals surface area contributed by atoms with Crippen molar-refractivity contribution in [3.05, 3.63) is 53.6 Å². The fraction of sp³-hybridized carbons (Fsp3) is 0.0769. The molecule has 0 fully saturated rings. The fourth-order valence-corrected chi connectivity index (χ4v) is 3.14. The van der Waals surface area contributed by atoms with Crippen LogP contribution in [0.3, 0.4) is 0 Å². The third kappa shape index (κ3) is 3.34. The Morgan fingerprint density at radius 3 is 2.71 bits per heavy atom. The lowest BCUT2D eigenvalue weighted by Gasteiger charge is -2.13. The molecule has 21 heavy (non-hydrogen) atoms. The van der Waals surface area contributed by atoms with Crippen molar-refractivity contribution in [2.75, 3.05) is 4.72 Å². The van der Waals surface area contributed by atoms with E-state index in [4.69, 9.17) is 18.0 Å². The standard InChI is InChI=1S/C13H12FN3O2S2/c1-8-3-2-4-11(12(8)13(15)20)17-21(18,19)10-5-9(14)6-16-7-10/h2-7,17H,1H3,(H2,15,20). The van der Waals surface area contributed by atoms with Crippen molar-refractivity contribution in [3.8, 4) is 0 Å². The lowest BCUT2D eigenvalue weighted by Crippen LogP contribution is -2.19. The number of sulfonamides is 1. The van der Waals surface area contributed by atoms with Crippen molar-refractivity contribution >= 4 is 32.9 Å². The Hall–Kier alpha value is -2.06. The van der Waals surface area contributed by atoms with Gasteiger partial charge in [-0.1, -0.05) is 24.4 Å². The summed E-state index contributed by atoms with van der Waals surface area (Å²) in [5.74, 6) is -0.739. The second-order valence-electron chi connectivity index (χ2n) is 4.31. The minimum atomic E-state index is -3.98. The molecule has 3 N–H and O–H groups in total. The first-order valence-electron chi connectivity index (χ1n) is 5.84. The zero-order chi connectivity index (χ0) is 15.6. The highest BCUT2D eigenvalue weighted by molar-refractivity contribution is 7.92. The molecule has 110 valence electrons. The summed E-state index contributed by atoms with van der Waals surface area (Å²) in [6.07, 6.45) is 1.98. The van der Waals surface area contributed by atoms with Gasteiger partial charge in [0.25, 0.3) is 10.0 Å². The Bertz CT molecular complexity index is 807. The van der Waals surface area contributed by atoms with Gasteiger partial charge < -0.3 is 5.73 Å². The van der Waals surface area contributed by atoms with Crippen LogP contribution in [0.15, 0.2) is 41.6 Å². The lowest BCUT2D eigenvalue weighted by molar-refractivity contribution is 0.592. The number of thiocarbonyl (C=S) groups is 1. The number of rotatable bonds is 4. The van der Waals surface area contributed by atoms with Gasteiger partial charge in [0.1, 0.15) is 15.7 Å². The number of nitrogens with one attached hydrogen (secondary N) is 1. The van der Waals surface area contributed by atoms with E-state index in [1.165, 1.54) is 6.07 Å². The number of anilines is 1. The summed E-state index contributed by atoms with van der Waals surface area (Å²) in [5, 5.41) is 0. The Labute approximate surface area is 127 Å². The predicted octanol–water partition coefficient (Wildman–Crippen LogP) is 1.96. The van der Waals surface area contributed by atoms with Crippen molar-refractivity contribution < 1.29 is 12.8 Å². The van der Waals surface area contributed by atoms with Crippen molar-refractivity contribution in [1.82, 2.24) is 4.98 Å². The Morgan fingerprint density at radius 2 is 2.10 bits per heavy atom. The van der Waals surface area contributed by atoms with Gasteiger partial charge in [0.2, 0.25) is 0 Å². The molecule has 8 heteroatoms. The highest BCUT2D eigenvalue weighted by Crippen LogP contribution is 2.23. The highest BCUT2D eigenvalue weighted by Gasteiger charge is 2.18. The molecule has 0 saturated heterocycles. The molecule has 1 heterocycles. The third-order valence-corrected chi connectivity index (χ3v) is 4.29. The molecule has 5 nitrogen and oxygen atoms in total. The third-order valence-electron chi connectivity index (χ3n) is 2.75. The van der Waals surface area contributed by atoms with Gasteiger partial charge in [-0.05, 0) is 24.6 Å². The molecule has 0 aliphatic carbocycles. The maximum atomic E-state index is 13.1. The number of halogens is 1. The van der Waals surface area contributed by atoms with Crippen LogP contribution in [0.25, 0.3) is 0 Å². The van der Waals surface area contributed by atoms with Crippen LogP contribution in [0.1, 0.15) is 11.1 Å². The van der Waals surface area contributed by atoms with E-state index in [0.717, 1.165) is 24.0 Å². The van der Waals surface area contributed by atoms with E-state index in [1.807, 2.05) is 0 Å². The van der Waals surface area contributed by atoms with Gasteiger partial charge in [0.15, 0.2) is 0 Å². The molecule has 0 aliphatic rings. The molecular formula is C13H12FN3O2S2. The molecule has 0 amide bonds. The van der Waals surface area contributed by atoms with Crippen molar-refractivity contribution in [3.63, 3.8) is 0 Å². The molecule has 0 atom stereocenters. The molecular weight excluding hydrogens is 313 g/mol. The molecule has 0 saturated carbocycles. The van der Waals surface area contributed by atoms with Gasteiger partial charge in [-0.3, -0.25) is 9.71 Å². The summed E-state index contributed by atoms with van der Waals surface area (Å²) in [7, 11) is -3.98. The summed E-state index contributed by atoms with van der Waals surface area (Å²) in [6.45, 7) is 1.76. The van der Waals surface area contributed by atoms with Crippen molar-refractivity contribution in [2.24, 2.45) is 5.73 Å². The van der Waals surface area contributed by atoms with Crippen LogP contribution in [0.2, 0.25) is 0 Å². The number of aryl methyl sites for hydroxylation is 1. The van der Waals surface area contributed by atoms with Crippen LogP contribution in [0.4, 0.5) is 10.1 Å². The number of pyridine rings is 1. The molecule has 2 rings (SSSR count). The molecule has 2 aromatic rings. The minimum absolute atomic E-state index is 0.0724. The van der Waals surface area contributed by atoms with Gasteiger partial charge in [0, 0.05) is 11.8 Å². The average molecular weight is 325 g/mol. The zero-order valence-corrected chi connectivity index (χ0v) is 12.6. The second-order valence-corrected chi connectivity index (χ2v) is 6.43. The molecule has 0 bridgehead atoms. The fourth-order valence-electron chi connectivity index (χ4n) is 1.82. The summed E-state index contributed by atoms with van der Waals surface area (Å²) in [4.78, 5) is 3.32. The number of hydrogen-bond acceptors (Lipinski definition) is 4. The van der Waals surface area contributed by atoms with E-state index >= 15 is 0 Å². The van der Waals surface area contributed by atoms with Crippen LogP contribution >= 0.6 is 12.2 Å². The second kappa shape index (κ2) is 5.74. The van der Waals surface area contributed by atoms with Crippen LogP contribution in [-0.2, 0) is 10.0 Å². The molecule has 1 aromatic carbocycles. The van der Waals surface area contributed by atoms with Crippen LogP contribution in [0, 0.1) is 12.7 Å². The first-order chi connectivity index (χ1) is 9.81. The topological polar surface area (TPSA) is 85.1 Å². The van der Waals surface area contributed by atoms with Gasteiger partial charge in [-0.15, -0.1) is 0 Å². The van der Waals surface area contributed by atoms with E-state index in [2.05, 4.69) is 9.71 Å². The van der Waals surface area contributed by atoms with Crippen LogP contribution in [-0.4, -0.2) is 18.4 Å². The first-order valence-corrected chi connectivity index (χ1v) is 7.73. The highest BCUT2D eigenvalue weighted by atomic mass is 32.2. The van der Waals surface area contributed by atoms with Crippen LogP contribution in [0.5, 0.6) is 0 Å². The van der Waals surface area contributed by atoms with E-state index in [-0.39, 0.29) is 15.6 Å². The smallest absolute Gasteiger partial charge is 0.263 e. The quantitative estimate of drug-likeness (QED) is 0.840. The van der Waals surface area contributed by atoms with E-state index in [0.29, 0.717) is 5.56 Å². The van der Waals surface area contributed by atoms with E-state index in [9.17, 15) is 12.8 Å². The van der Waals surface area contributed by atoms with Crippen molar-refractivity contribution in [2.45, 2.75) is 11.8 Å². The average Bonchev–Trinajstić information content (AvgIpc) is 2.37. The Morgan fingerprint density at radius 1 is 1.38 bits per heavy atom. The largest absolute Gasteiger partial charge is 0.389 e. The number of hydrogen-bond donors (Lipinski definition) is 2. The SMILES string of the molecule is Cc1cccc(NS(=O)(=O)c2cncc(F)c2)c1C(N)=S. The zero-order valence-electron chi connectivity index (χ0n) is 11.0. The number of nitrogens with two attached hydrogens (primary N) is 1. The summed E-state index contributed by atoms with van der Waals surface area (Å²) in [5.41, 5.74) is 7.03. The molecule has 0 spiro atoms. The van der Waals surface area contributed by atoms with Gasteiger partial charge in [0.05, 0.1) is 11.9 Å². The number of aromatic nitrogens is 1. The monoisotopic (exact) mass is 325 g/mol. The summed E-state index contributed by atoms with van der Waals surface area (Å²) < 4.78 is 39.9. The lowest BCUT2D eigenvalue weighted by atomic mass is 10.1. The maximum Gasteiger partial charge on any atom is 0.263 e. The normalized spacial score (nSPS) is 11.1. The Kier molecular flexibility index (Phi) is 4.19. The van der Waals surface area contributed by atoms with E-state index in [1.54, 1.807) is 19.1 Å². The maximum absolute atomic E-state index is 13.1. The van der Waals surface area contributed by atoms with Gasteiger partial charge in [-0.2, -0.15) is 0 Å². The molecule has 0 radical (unpaired) electrons. The van der Waals surface area contributed by atoms with Crippen molar-refractivity contribution in [1.29, 1.82) is 0 Å². The number of benzene rings is 1.